The van der Waals surface area contributed by atoms with E-state index in [0.29, 0.717) is 38.3 Å². The standard InChI is InChI=1S/C19H14Cl2N2O4/c1-26-19(25)11-6-16(24)23(9-11)13-4-2-3-10(5-13)18-22-15-8-12(20)7-14(21)17(15)27-18/h2-5,7-8,11H,6,9H2,1H3. The number of benzene rings is 2. The van der Waals surface area contributed by atoms with Gasteiger partial charge in [0.2, 0.25) is 11.8 Å². The van der Waals surface area contributed by atoms with Crippen molar-refractivity contribution < 1.29 is 18.7 Å². The van der Waals surface area contributed by atoms with Crippen molar-refractivity contribution in [2.75, 3.05) is 18.6 Å². The third-order valence-corrected chi connectivity index (χ3v) is 4.97. The predicted octanol–water partition coefficient (Wildman–Crippen LogP) is 4.33. The Kier molecular flexibility index (Phi) is 4.53. The lowest BCUT2D eigenvalue weighted by Crippen LogP contribution is -2.26. The number of methoxy groups -OCH3 is 1. The molecule has 1 saturated heterocycles. The summed E-state index contributed by atoms with van der Waals surface area (Å²) in [5.74, 6) is -0.606. The Balaban J connectivity index is 1.68. The number of anilines is 1. The Labute approximate surface area is 164 Å². The highest BCUT2D eigenvalue weighted by atomic mass is 35.5. The summed E-state index contributed by atoms with van der Waals surface area (Å²) in [6.07, 6.45) is 0.133. The Morgan fingerprint density at radius 3 is 2.89 bits per heavy atom. The predicted molar refractivity (Wildman–Crippen MR) is 102 cm³/mol. The Morgan fingerprint density at radius 1 is 1.30 bits per heavy atom. The van der Waals surface area contributed by atoms with Gasteiger partial charge in [-0.2, -0.15) is 0 Å². The Morgan fingerprint density at radius 2 is 2.11 bits per heavy atom. The number of carbonyl (C=O) groups excluding carboxylic acids is 2. The highest BCUT2D eigenvalue weighted by Gasteiger charge is 2.35. The van der Waals surface area contributed by atoms with Gasteiger partial charge in [0.15, 0.2) is 5.58 Å². The molecule has 3 aromatic rings. The maximum absolute atomic E-state index is 12.3. The van der Waals surface area contributed by atoms with Crippen molar-refractivity contribution in [1.82, 2.24) is 4.98 Å². The molecule has 4 rings (SSSR count). The molecule has 27 heavy (non-hydrogen) atoms. The van der Waals surface area contributed by atoms with E-state index >= 15 is 0 Å². The van der Waals surface area contributed by atoms with Crippen LogP contribution in [-0.2, 0) is 14.3 Å². The van der Waals surface area contributed by atoms with Crippen molar-refractivity contribution in [3.63, 3.8) is 0 Å². The van der Waals surface area contributed by atoms with E-state index < -0.39 is 5.92 Å². The van der Waals surface area contributed by atoms with Crippen LogP contribution in [-0.4, -0.2) is 30.5 Å². The maximum atomic E-state index is 12.3. The SMILES string of the molecule is COC(=O)C1CC(=O)N(c2cccc(-c3nc4cc(Cl)cc(Cl)c4o3)c2)C1. The molecule has 1 atom stereocenters. The Bertz CT molecular complexity index is 1060. The van der Waals surface area contributed by atoms with Gasteiger partial charge in [-0.1, -0.05) is 29.3 Å². The van der Waals surface area contributed by atoms with Crippen LogP contribution in [0.3, 0.4) is 0 Å². The number of carbonyl (C=O) groups is 2. The highest BCUT2D eigenvalue weighted by molar-refractivity contribution is 6.38. The molecule has 1 aliphatic rings. The number of hydrogen-bond acceptors (Lipinski definition) is 5. The first-order valence-electron chi connectivity index (χ1n) is 8.20. The zero-order chi connectivity index (χ0) is 19.1. The number of oxazole rings is 1. The van der Waals surface area contributed by atoms with Gasteiger partial charge in [0.05, 0.1) is 18.1 Å². The van der Waals surface area contributed by atoms with Gasteiger partial charge in [-0.3, -0.25) is 9.59 Å². The van der Waals surface area contributed by atoms with Gasteiger partial charge in [0.25, 0.3) is 0 Å². The first kappa shape index (κ1) is 17.8. The number of nitrogens with zero attached hydrogens (tertiary/aromatic N) is 2. The normalized spacial score (nSPS) is 16.9. The summed E-state index contributed by atoms with van der Waals surface area (Å²) in [5.41, 5.74) is 2.35. The quantitative estimate of drug-likeness (QED) is 0.607. The van der Waals surface area contributed by atoms with E-state index in [2.05, 4.69) is 4.98 Å². The van der Waals surface area contributed by atoms with E-state index in [4.69, 9.17) is 32.4 Å². The minimum Gasteiger partial charge on any atom is -0.469 e. The lowest BCUT2D eigenvalue weighted by Gasteiger charge is -2.16. The van der Waals surface area contributed by atoms with Crippen molar-refractivity contribution in [2.24, 2.45) is 5.92 Å². The molecule has 1 aromatic heterocycles. The van der Waals surface area contributed by atoms with Crippen LogP contribution in [0, 0.1) is 5.92 Å². The zero-order valence-corrected chi connectivity index (χ0v) is 15.8. The van der Waals surface area contributed by atoms with E-state index in [0.717, 1.165) is 0 Å². The molecule has 0 aliphatic carbocycles. The number of esters is 1. The molecule has 1 aliphatic heterocycles. The van der Waals surface area contributed by atoms with Crippen molar-refractivity contribution in [2.45, 2.75) is 6.42 Å². The van der Waals surface area contributed by atoms with Crippen LogP contribution in [0.15, 0.2) is 40.8 Å². The summed E-state index contributed by atoms with van der Waals surface area (Å²) in [6.45, 7) is 0.282. The molecule has 8 heteroatoms. The summed E-state index contributed by atoms with van der Waals surface area (Å²) in [7, 11) is 1.32. The minimum absolute atomic E-state index is 0.130. The average Bonchev–Trinajstić information content (AvgIpc) is 3.25. The molecule has 1 fully saturated rings. The number of ether oxygens (including phenoxy) is 1. The van der Waals surface area contributed by atoms with Crippen LogP contribution < -0.4 is 4.90 Å². The monoisotopic (exact) mass is 404 g/mol. The molecule has 0 spiro atoms. The first-order valence-corrected chi connectivity index (χ1v) is 8.96. The van der Waals surface area contributed by atoms with Crippen LogP contribution in [0.1, 0.15) is 6.42 Å². The minimum atomic E-state index is -0.462. The van der Waals surface area contributed by atoms with Crippen molar-refractivity contribution in [1.29, 1.82) is 0 Å². The number of amides is 1. The molecule has 0 radical (unpaired) electrons. The van der Waals surface area contributed by atoms with E-state index in [9.17, 15) is 9.59 Å². The number of hydrogen-bond donors (Lipinski definition) is 0. The second kappa shape index (κ2) is 6.87. The number of aromatic nitrogens is 1. The smallest absolute Gasteiger partial charge is 0.311 e. The van der Waals surface area contributed by atoms with Gasteiger partial charge in [0, 0.05) is 29.2 Å². The average molecular weight is 405 g/mol. The summed E-state index contributed by atoms with van der Waals surface area (Å²) in [5, 5.41) is 0.848. The van der Waals surface area contributed by atoms with Gasteiger partial charge < -0.3 is 14.1 Å². The molecule has 2 aromatic carbocycles. The van der Waals surface area contributed by atoms with E-state index in [1.807, 2.05) is 6.07 Å². The van der Waals surface area contributed by atoms with E-state index in [-0.39, 0.29) is 24.8 Å². The van der Waals surface area contributed by atoms with E-state index in [1.165, 1.54) is 7.11 Å². The van der Waals surface area contributed by atoms with Crippen LogP contribution >= 0.6 is 23.2 Å². The molecule has 6 nitrogen and oxygen atoms in total. The molecule has 0 bridgehead atoms. The second-order valence-corrected chi connectivity index (χ2v) is 7.08. The van der Waals surface area contributed by atoms with Crippen LogP contribution in [0.4, 0.5) is 5.69 Å². The van der Waals surface area contributed by atoms with Crippen LogP contribution in [0.2, 0.25) is 10.0 Å². The molecule has 138 valence electrons. The Hall–Kier alpha value is -2.57. The first-order chi connectivity index (χ1) is 13.0. The molecular formula is C19H14Cl2N2O4. The van der Waals surface area contributed by atoms with Crippen molar-refractivity contribution in [3.8, 4) is 11.5 Å². The summed E-state index contributed by atoms with van der Waals surface area (Å²) in [4.78, 5) is 30.1. The van der Waals surface area contributed by atoms with E-state index in [1.54, 1.807) is 35.2 Å². The molecule has 1 unspecified atom stereocenters. The second-order valence-electron chi connectivity index (χ2n) is 6.23. The molecular weight excluding hydrogens is 391 g/mol. The number of rotatable bonds is 3. The fraction of sp³-hybridized carbons (Fsp3) is 0.211. The third kappa shape index (κ3) is 3.26. The fourth-order valence-electron chi connectivity index (χ4n) is 3.17. The van der Waals surface area contributed by atoms with Gasteiger partial charge >= 0.3 is 5.97 Å². The largest absolute Gasteiger partial charge is 0.469 e. The van der Waals surface area contributed by atoms with Crippen LogP contribution in [0.5, 0.6) is 0 Å². The van der Waals surface area contributed by atoms with Crippen LogP contribution in [0.25, 0.3) is 22.6 Å². The fourth-order valence-corrected chi connectivity index (χ4v) is 3.69. The summed E-state index contributed by atoms with van der Waals surface area (Å²) < 4.78 is 10.5. The summed E-state index contributed by atoms with van der Waals surface area (Å²) in [6, 6.07) is 10.5. The zero-order valence-electron chi connectivity index (χ0n) is 14.2. The van der Waals surface area contributed by atoms with Gasteiger partial charge in [-0.15, -0.1) is 0 Å². The van der Waals surface area contributed by atoms with Crippen molar-refractivity contribution in [3.05, 3.63) is 46.4 Å². The number of halogens is 2. The highest BCUT2D eigenvalue weighted by Crippen LogP contribution is 2.34. The lowest BCUT2D eigenvalue weighted by molar-refractivity contribution is -0.145. The van der Waals surface area contributed by atoms with Gasteiger partial charge in [0.1, 0.15) is 5.52 Å². The van der Waals surface area contributed by atoms with Gasteiger partial charge in [-0.25, -0.2) is 4.98 Å². The van der Waals surface area contributed by atoms with Gasteiger partial charge in [-0.05, 0) is 30.3 Å². The summed E-state index contributed by atoms with van der Waals surface area (Å²) >= 11 is 12.2. The number of fused-ring (bicyclic) bond motifs is 1. The molecule has 2 heterocycles. The third-order valence-electron chi connectivity index (χ3n) is 4.47. The molecule has 0 saturated carbocycles. The topological polar surface area (TPSA) is 72.6 Å². The van der Waals surface area contributed by atoms with Crippen molar-refractivity contribution >= 4 is 51.9 Å². The lowest BCUT2D eigenvalue weighted by atomic mass is 10.1. The molecule has 1 amide bonds. The molecule has 0 N–H and O–H groups in total. The maximum Gasteiger partial charge on any atom is 0.311 e.